The molecule has 2 N–H and O–H groups in total. The molecule has 0 atom stereocenters. The Morgan fingerprint density at radius 2 is 1.88 bits per heavy atom. The van der Waals surface area contributed by atoms with E-state index in [2.05, 4.69) is 44.6 Å². The minimum absolute atomic E-state index is 0. The molecular formula is C18H26IN3OS. The Balaban J connectivity index is 0.00000288. The van der Waals surface area contributed by atoms with Crippen molar-refractivity contribution in [2.45, 2.75) is 32.9 Å². The van der Waals surface area contributed by atoms with Crippen molar-refractivity contribution < 1.29 is 4.74 Å². The highest BCUT2D eigenvalue weighted by atomic mass is 127. The summed E-state index contributed by atoms with van der Waals surface area (Å²) in [4.78, 5) is 4.24. The minimum Gasteiger partial charge on any atom is -0.491 e. The third-order valence-electron chi connectivity index (χ3n) is 3.26. The van der Waals surface area contributed by atoms with Crippen LogP contribution in [-0.2, 0) is 13.0 Å². The predicted molar refractivity (Wildman–Crippen MR) is 114 cm³/mol. The molecule has 2 rings (SSSR count). The summed E-state index contributed by atoms with van der Waals surface area (Å²) in [6, 6.07) is 10.4. The molecular weight excluding hydrogens is 433 g/mol. The second kappa shape index (κ2) is 11.3. The molecule has 0 aliphatic carbocycles. The van der Waals surface area contributed by atoms with Crippen molar-refractivity contribution in [3.8, 4) is 5.75 Å². The maximum absolute atomic E-state index is 5.65. The molecule has 1 aromatic carbocycles. The van der Waals surface area contributed by atoms with Crippen LogP contribution in [0.15, 0.2) is 46.1 Å². The second-order valence-corrected chi connectivity index (χ2v) is 6.32. The highest BCUT2D eigenvalue weighted by molar-refractivity contribution is 14.0. The standard InChI is InChI=1S/C18H25N3OS.HI/c1-14(2)22-17-6-4-15(5-7-17)8-10-20-18(19-3)21-12-16-9-11-23-13-16;/h4-7,9,11,13-14H,8,10,12H2,1-3H3,(H2,19,20,21);1H. The summed E-state index contributed by atoms with van der Waals surface area (Å²) in [6.45, 7) is 5.71. The number of nitrogens with one attached hydrogen (secondary N) is 2. The molecule has 2 aromatic rings. The van der Waals surface area contributed by atoms with Crippen molar-refractivity contribution in [3.05, 3.63) is 52.2 Å². The zero-order valence-corrected chi connectivity index (χ0v) is 17.6. The van der Waals surface area contributed by atoms with Gasteiger partial charge in [0.25, 0.3) is 0 Å². The lowest BCUT2D eigenvalue weighted by Gasteiger charge is -2.12. The van der Waals surface area contributed by atoms with Gasteiger partial charge in [-0.3, -0.25) is 4.99 Å². The zero-order valence-electron chi connectivity index (χ0n) is 14.4. The van der Waals surface area contributed by atoms with E-state index in [1.165, 1.54) is 11.1 Å². The zero-order chi connectivity index (χ0) is 16.5. The fourth-order valence-electron chi connectivity index (χ4n) is 2.13. The molecule has 0 aliphatic heterocycles. The number of halogens is 1. The first-order chi connectivity index (χ1) is 11.2. The van der Waals surface area contributed by atoms with Crippen molar-refractivity contribution in [2.24, 2.45) is 4.99 Å². The van der Waals surface area contributed by atoms with Crippen LogP contribution in [0.25, 0.3) is 0 Å². The van der Waals surface area contributed by atoms with Gasteiger partial charge in [0, 0.05) is 20.1 Å². The van der Waals surface area contributed by atoms with Gasteiger partial charge in [-0.2, -0.15) is 11.3 Å². The van der Waals surface area contributed by atoms with Gasteiger partial charge in [0.15, 0.2) is 5.96 Å². The van der Waals surface area contributed by atoms with Crippen LogP contribution in [0.2, 0.25) is 0 Å². The normalized spacial score (nSPS) is 11.1. The topological polar surface area (TPSA) is 45.7 Å². The van der Waals surface area contributed by atoms with Gasteiger partial charge in [-0.15, -0.1) is 24.0 Å². The molecule has 0 spiro atoms. The first kappa shape index (κ1) is 20.8. The fraction of sp³-hybridized carbons (Fsp3) is 0.389. The first-order valence-electron chi connectivity index (χ1n) is 7.88. The van der Waals surface area contributed by atoms with Gasteiger partial charge in [-0.1, -0.05) is 12.1 Å². The van der Waals surface area contributed by atoms with Crippen molar-refractivity contribution in [1.29, 1.82) is 0 Å². The molecule has 0 amide bonds. The average Bonchev–Trinajstić information content (AvgIpc) is 3.05. The fourth-order valence-corrected chi connectivity index (χ4v) is 2.80. The first-order valence-corrected chi connectivity index (χ1v) is 8.83. The highest BCUT2D eigenvalue weighted by Gasteiger charge is 2.01. The van der Waals surface area contributed by atoms with E-state index in [0.717, 1.165) is 31.2 Å². The molecule has 0 aliphatic rings. The van der Waals surface area contributed by atoms with Gasteiger partial charge in [0.2, 0.25) is 0 Å². The van der Waals surface area contributed by atoms with Crippen molar-refractivity contribution in [3.63, 3.8) is 0 Å². The van der Waals surface area contributed by atoms with Crippen LogP contribution >= 0.6 is 35.3 Å². The monoisotopic (exact) mass is 459 g/mol. The van der Waals surface area contributed by atoms with Gasteiger partial charge in [0.1, 0.15) is 5.75 Å². The van der Waals surface area contributed by atoms with Crippen LogP contribution in [0.3, 0.4) is 0 Å². The Labute approximate surface area is 165 Å². The summed E-state index contributed by atoms with van der Waals surface area (Å²) in [5, 5.41) is 10.9. The summed E-state index contributed by atoms with van der Waals surface area (Å²) in [5.74, 6) is 1.75. The quantitative estimate of drug-likeness (QED) is 0.373. The lowest BCUT2D eigenvalue weighted by atomic mass is 10.1. The van der Waals surface area contributed by atoms with E-state index in [-0.39, 0.29) is 30.1 Å². The SMILES string of the molecule is CN=C(NCCc1ccc(OC(C)C)cc1)NCc1ccsc1.I. The van der Waals surface area contributed by atoms with Crippen LogP contribution in [0.1, 0.15) is 25.0 Å². The maximum Gasteiger partial charge on any atom is 0.191 e. The number of thiophene rings is 1. The van der Waals surface area contributed by atoms with Crippen molar-refractivity contribution >= 4 is 41.3 Å². The molecule has 4 nitrogen and oxygen atoms in total. The minimum atomic E-state index is 0. The van der Waals surface area contributed by atoms with Crippen LogP contribution < -0.4 is 15.4 Å². The molecule has 0 saturated heterocycles. The number of rotatable bonds is 7. The van der Waals surface area contributed by atoms with E-state index >= 15 is 0 Å². The molecule has 132 valence electrons. The molecule has 24 heavy (non-hydrogen) atoms. The van der Waals surface area contributed by atoms with E-state index in [0.29, 0.717) is 0 Å². The number of guanidine groups is 1. The third-order valence-corrected chi connectivity index (χ3v) is 4.00. The van der Waals surface area contributed by atoms with Gasteiger partial charge < -0.3 is 15.4 Å². The molecule has 6 heteroatoms. The van der Waals surface area contributed by atoms with Crippen LogP contribution in [0.4, 0.5) is 0 Å². The Morgan fingerprint density at radius 3 is 2.46 bits per heavy atom. The van der Waals surface area contributed by atoms with E-state index in [4.69, 9.17) is 4.74 Å². The summed E-state index contributed by atoms with van der Waals surface area (Å²) < 4.78 is 5.65. The lowest BCUT2D eigenvalue weighted by Crippen LogP contribution is -2.37. The number of benzene rings is 1. The van der Waals surface area contributed by atoms with Gasteiger partial charge in [0.05, 0.1) is 6.10 Å². The number of hydrogen-bond acceptors (Lipinski definition) is 3. The van der Waals surface area contributed by atoms with Crippen molar-refractivity contribution in [2.75, 3.05) is 13.6 Å². The number of aliphatic imine (C=N–C) groups is 1. The molecule has 0 unspecified atom stereocenters. The van der Waals surface area contributed by atoms with Gasteiger partial charge in [-0.05, 0) is 60.4 Å². The number of nitrogens with zero attached hydrogens (tertiary/aromatic N) is 1. The Hall–Kier alpha value is -1.28. The molecule has 0 fully saturated rings. The molecule has 0 bridgehead atoms. The summed E-state index contributed by atoms with van der Waals surface area (Å²) >= 11 is 1.71. The van der Waals surface area contributed by atoms with E-state index < -0.39 is 0 Å². The van der Waals surface area contributed by atoms with Gasteiger partial charge in [-0.25, -0.2) is 0 Å². The van der Waals surface area contributed by atoms with Crippen LogP contribution in [-0.4, -0.2) is 25.7 Å². The van der Waals surface area contributed by atoms with E-state index in [1.54, 1.807) is 18.4 Å². The highest BCUT2D eigenvalue weighted by Crippen LogP contribution is 2.13. The van der Waals surface area contributed by atoms with Gasteiger partial charge >= 0.3 is 0 Å². The smallest absolute Gasteiger partial charge is 0.191 e. The second-order valence-electron chi connectivity index (χ2n) is 5.54. The van der Waals surface area contributed by atoms with E-state index in [9.17, 15) is 0 Å². The molecule has 1 aromatic heterocycles. The third kappa shape index (κ3) is 7.53. The van der Waals surface area contributed by atoms with E-state index in [1.807, 2.05) is 26.0 Å². The average molecular weight is 459 g/mol. The Bertz CT molecular complexity index is 597. The van der Waals surface area contributed by atoms with Crippen LogP contribution in [0.5, 0.6) is 5.75 Å². The maximum atomic E-state index is 5.65. The summed E-state index contributed by atoms with van der Waals surface area (Å²) in [6.07, 6.45) is 1.15. The summed E-state index contributed by atoms with van der Waals surface area (Å²) in [7, 11) is 1.79. The Morgan fingerprint density at radius 1 is 1.12 bits per heavy atom. The molecule has 0 saturated carbocycles. The largest absolute Gasteiger partial charge is 0.491 e. The molecule has 1 heterocycles. The lowest BCUT2D eigenvalue weighted by molar-refractivity contribution is 0.242. The van der Waals surface area contributed by atoms with Crippen LogP contribution in [0, 0.1) is 0 Å². The Kier molecular flexibility index (Phi) is 9.78. The predicted octanol–water partition coefficient (Wildman–Crippen LogP) is 4.06. The summed E-state index contributed by atoms with van der Waals surface area (Å²) in [5.41, 5.74) is 2.56. The number of ether oxygens (including phenoxy) is 1. The van der Waals surface area contributed by atoms with Crippen molar-refractivity contribution in [1.82, 2.24) is 10.6 Å². The molecule has 0 radical (unpaired) electrons. The number of hydrogen-bond donors (Lipinski definition) is 2.